The number of aromatic nitrogens is 2. The van der Waals surface area contributed by atoms with E-state index in [0.29, 0.717) is 11.3 Å². The molecule has 1 heterocycles. The summed E-state index contributed by atoms with van der Waals surface area (Å²) in [6.45, 7) is 0. The molecule has 0 fully saturated rings. The molecule has 16 heavy (non-hydrogen) atoms. The van der Waals surface area contributed by atoms with Crippen LogP contribution < -0.4 is 0 Å². The summed E-state index contributed by atoms with van der Waals surface area (Å²) in [5.74, 6) is 0. The van der Waals surface area contributed by atoms with Crippen molar-refractivity contribution in [3.63, 3.8) is 0 Å². The van der Waals surface area contributed by atoms with Crippen LogP contribution in [0.3, 0.4) is 0 Å². The van der Waals surface area contributed by atoms with Crippen LogP contribution in [0.25, 0.3) is 11.3 Å². The zero-order valence-electron chi connectivity index (χ0n) is 8.00. The van der Waals surface area contributed by atoms with E-state index >= 15 is 0 Å². The average Bonchev–Trinajstić information content (AvgIpc) is 2.30. The SMILES string of the molecule is O=[N+]([O-])c1ccc(-c2nccnc2Cl)cc1. The fraction of sp³-hybridized carbons (Fsp3) is 0. The van der Waals surface area contributed by atoms with Crippen LogP contribution in [0.15, 0.2) is 36.7 Å². The Kier molecular flexibility index (Phi) is 2.78. The molecule has 2 aromatic rings. The molecule has 5 nitrogen and oxygen atoms in total. The number of benzene rings is 1. The van der Waals surface area contributed by atoms with E-state index in [0.717, 1.165) is 0 Å². The highest BCUT2D eigenvalue weighted by molar-refractivity contribution is 6.31. The fourth-order valence-electron chi connectivity index (χ4n) is 1.26. The highest BCUT2D eigenvalue weighted by Crippen LogP contribution is 2.24. The topological polar surface area (TPSA) is 68.9 Å². The van der Waals surface area contributed by atoms with E-state index in [2.05, 4.69) is 9.97 Å². The minimum absolute atomic E-state index is 0.0313. The molecule has 0 aliphatic heterocycles. The molecule has 6 heteroatoms. The summed E-state index contributed by atoms with van der Waals surface area (Å²) < 4.78 is 0. The molecule has 0 bridgehead atoms. The number of nitro groups is 1. The van der Waals surface area contributed by atoms with Gasteiger partial charge >= 0.3 is 0 Å². The number of nitro benzene ring substituents is 1. The molecule has 1 aromatic heterocycles. The lowest BCUT2D eigenvalue weighted by atomic mass is 10.1. The molecule has 0 radical (unpaired) electrons. The zero-order chi connectivity index (χ0) is 11.5. The Hall–Kier alpha value is -2.01. The van der Waals surface area contributed by atoms with Gasteiger partial charge in [-0.05, 0) is 12.1 Å². The van der Waals surface area contributed by atoms with Gasteiger partial charge < -0.3 is 0 Å². The Bertz CT molecular complexity index is 528. The van der Waals surface area contributed by atoms with Crippen LogP contribution >= 0.6 is 11.6 Å². The van der Waals surface area contributed by atoms with Gasteiger partial charge in [-0.15, -0.1) is 0 Å². The first-order valence-corrected chi connectivity index (χ1v) is 4.77. The quantitative estimate of drug-likeness (QED) is 0.593. The molecule has 1 aromatic carbocycles. The van der Waals surface area contributed by atoms with Crippen molar-refractivity contribution >= 4 is 17.3 Å². The van der Waals surface area contributed by atoms with Crippen LogP contribution in [0, 0.1) is 10.1 Å². The van der Waals surface area contributed by atoms with Crippen molar-refractivity contribution < 1.29 is 4.92 Å². The Morgan fingerprint density at radius 2 is 1.75 bits per heavy atom. The lowest BCUT2D eigenvalue weighted by molar-refractivity contribution is -0.384. The second kappa shape index (κ2) is 4.24. The van der Waals surface area contributed by atoms with E-state index in [-0.39, 0.29) is 10.8 Å². The lowest BCUT2D eigenvalue weighted by Gasteiger charge is -2.01. The first-order chi connectivity index (χ1) is 7.68. The van der Waals surface area contributed by atoms with Gasteiger partial charge in [-0.25, -0.2) is 4.98 Å². The lowest BCUT2D eigenvalue weighted by Crippen LogP contribution is -1.89. The van der Waals surface area contributed by atoms with Gasteiger partial charge in [-0.2, -0.15) is 0 Å². The number of hydrogen-bond donors (Lipinski definition) is 0. The van der Waals surface area contributed by atoms with Crippen LogP contribution in [-0.4, -0.2) is 14.9 Å². The van der Waals surface area contributed by atoms with Crippen LogP contribution in [0.5, 0.6) is 0 Å². The van der Waals surface area contributed by atoms with Crippen LogP contribution in [0.2, 0.25) is 5.15 Å². The zero-order valence-corrected chi connectivity index (χ0v) is 8.76. The highest BCUT2D eigenvalue weighted by atomic mass is 35.5. The van der Waals surface area contributed by atoms with Crippen molar-refractivity contribution in [1.82, 2.24) is 9.97 Å². The standard InChI is InChI=1S/C10H6ClN3O2/c11-10-9(12-5-6-13-10)7-1-3-8(4-2-7)14(15)16/h1-6H. The van der Waals surface area contributed by atoms with E-state index in [4.69, 9.17) is 11.6 Å². The maximum absolute atomic E-state index is 10.5. The molecule has 0 N–H and O–H groups in total. The largest absolute Gasteiger partial charge is 0.269 e. The highest BCUT2D eigenvalue weighted by Gasteiger charge is 2.08. The molecule has 0 saturated heterocycles. The molecule has 0 atom stereocenters. The van der Waals surface area contributed by atoms with Crippen molar-refractivity contribution in [2.24, 2.45) is 0 Å². The summed E-state index contributed by atoms with van der Waals surface area (Å²) in [6.07, 6.45) is 3.00. The molecular formula is C10H6ClN3O2. The average molecular weight is 236 g/mol. The molecule has 2 rings (SSSR count). The smallest absolute Gasteiger partial charge is 0.258 e. The predicted octanol–water partition coefficient (Wildman–Crippen LogP) is 2.71. The molecule has 0 spiro atoms. The molecule has 0 aliphatic carbocycles. The minimum atomic E-state index is -0.456. The number of halogens is 1. The molecule has 0 saturated carbocycles. The first kappa shape index (κ1) is 10.5. The van der Waals surface area contributed by atoms with Gasteiger partial charge in [-0.3, -0.25) is 15.1 Å². The first-order valence-electron chi connectivity index (χ1n) is 4.40. The van der Waals surface area contributed by atoms with E-state index in [1.54, 1.807) is 12.1 Å². The normalized spacial score (nSPS) is 10.1. The van der Waals surface area contributed by atoms with E-state index in [9.17, 15) is 10.1 Å². The molecule has 0 aliphatic rings. The van der Waals surface area contributed by atoms with Crippen molar-refractivity contribution in [2.45, 2.75) is 0 Å². The van der Waals surface area contributed by atoms with E-state index in [1.807, 2.05) is 0 Å². The Labute approximate surface area is 95.9 Å². The summed E-state index contributed by atoms with van der Waals surface area (Å²) in [7, 11) is 0. The summed E-state index contributed by atoms with van der Waals surface area (Å²) in [5, 5.41) is 10.7. The summed E-state index contributed by atoms with van der Waals surface area (Å²) in [6, 6.07) is 5.99. The summed E-state index contributed by atoms with van der Waals surface area (Å²) in [4.78, 5) is 18.0. The predicted molar refractivity (Wildman–Crippen MR) is 59.1 cm³/mol. The van der Waals surface area contributed by atoms with E-state index in [1.165, 1.54) is 24.5 Å². The monoisotopic (exact) mass is 235 g/mol. The Morgan fingerprint density at radius 1 is 1.12 bits per heavy atom. The van der Waals surface area contributed by atoms with Crippen LogP contribution in [0.4, 0.5) is 5.69 Å². The van der Waals surface area contributed by atoms with Crippen molar-refractivity contribution in [3.05, 3.63) is 51.9 Å². The van der Waals surface area contributed by atoms with E-state index < -0.39 is 4.92 Å². The number of non-ortho nitro benzene ring substituents is 1. The maximum atomic E-state index is 10.5. The molecule has 0 unspecified atom stereocenters. The third kappa shape index (κ3) is 1.99. The van der Waals surface area contributed by atoms with Gasteiger partial charge in [0.25, 0.3) is 5.69 Å². The third-order valence-corrected chi connectivity index (χ3v) is 2.28. The third-order valence-electron chi connectivity index (χ3n) is 2.01. The van der Waals surface area contributed by atoms with Gasteiger partial charge in [0.05, 0.1) is 4.92 Å². The van der Waals surface area contributed by atoms with Gasteiger partial charge in [0.2, 0.25) is 0 Å². The number of nitrogens with zero attached hydrogens (tertiary/aromatic N) is 3. The second-order valence-corrected chi connectivity index (χ2v) is 3.36. The number of rotatable bonds is 2. The van der Waals surface area contributed by atoms with Gasteiger partial charge in [-0.1, -0.05) is 11.6 Å². The van der Waals surface area contributed by atoms with Crippen molar-refractivity contribution in [2.75, 3.05) is 0 Å². The Morgan fingerprint density at radius 3 is 2.31 bits per heavy atom. The molecule has 0 amide bonds. The Balaban J connectivity index is 2.43. The van der Waals surface area contributed by atoms with Gasteiger partial charge in [0.1, 0.15) is 5.69 Å². The van der Waals surface area contributed by atoms with Crippen molar-refractivity contribution in [1.29, 1.82) is 0 Å². The molecule has 80 valence electrons. The van der Waals surface area contributed by atoms with Gasteiger partial charge in [0.15, 0.2) is 5.15 Å². The number of hydrogen-bond acceptors (Lipinski definition) is 4. The fourth-order valence-corrected chi connectivity index (χ4v) is 1.47. The van der Waals surface area contributed by atoms with Gasteiger partial charge in [0, 0.05) is 30.1 Å². The van der Waals surface area contributed by atoms with Crippen molar-refractivity contribution in [3.8, 4) is 11.3 Å². The minimum Gasteiger partial charge on any atom is -0.258 e. The molecular weight excluding hydrogens is 230 g/mol. The summed E-state index contributed by atoms with van der Waals surface area (Å²) >= 11 is 5.85. The maximum Gasteiger partial charge on any atom is 0.269 e. The second-order valence-electron chi connectivity index (χ2n) is 3.00. The summed E-state index contributed by atoms with van der Waals surface area (Å²) in [5.41, 5.74) is 1.24. The van der Waals surface area contributed by atoms with Crippen LogP contribution in [-0.2, 0) is 0 Å². The van der Waals surface area contributed by atoms with Crippen LogP contribution in [0.1, 0.15) is 0 Å².